The van der Waals surface area contributed by atoms with Crippen LogP contribution in [0.5, 0.6) is 5.75 Å². The van der Waals surface area contributed by atoms with Crippen LogP contribution in [0.2, 0.25) is 0 Å². The first-order chi connectivity index (χ1) is 10.4. The minimum Gasteiger partial charge on any atom is -0.493 e. The number of carboxylic acids is 2. The van der Waals surface area contributed by atoms with Crippen LogP contribution in [0.25, 0.3) is 0 Å². The van der Waals surface area contributed by atoms with Crippen molar-refractivity contribution in [3.63, 3.8) is 0 Å². The Morgan fingerprint density at radius 3 is 2.36 bits per heavy atom. The SMILES string of the molecule is CC(C)COc1ccccc1/C=N\N(CC(=O)O)CC(=O)O. The van der Waals surface area contributed by atoms with Gasteiger partial charge in [-0.05, 0) is 18.1 Å². The molecule has 22 heavy (non-hydrogen) atoms. The molecule has 0 aliphatic heterocycles. The molecule has 0 atom stereocenters. The lowest BCUT2D eigenvalue weighted by atomic mass is 10.2. The summed E-state index contributed by atoms with van der Waals surface area (Å²) in [5.74, 6) is -1.32. The number of aliphatic carboxylic acids is 2. The number of carboxylic acid groups (broad SMARTS) is 2. The molecule has 0 aliphatic carbocycles. The minimum absolute atomic E-state index is 0.362. The summed E-state index contributed by atoms with van der Waals surface area (Å²) >= 11 is 0. The van der Waals surface area contributed by atoms with E-state index < -0.39 is 25.0 Å². The zero-order chi connectivity index (χ0) is 16.5. The second-order valence-corrected chi connectivity index (χ2v) is 5.10. The Kier molecular flexibility index (Phi) is 6.88. The summed E-state index contributed by atoms with van der Waals surface area (Å²) in [7, 11) is 0. The van der Waals surface area contributed by atoms with Gasteiger partial charge in [0.25, 0.3) is 0 Å². The van der Waals surface area contributed by atoms with E-state index in [1.807, 2.05) is 19.9 Å². The van der Waals surface area contributed by atoms with E-state index in [0.29, 0.717) is 23.8 Å². The number of rotatable bonds is 9. The summed E-state index contributed by atoms with van der Waals surface area (Å²) in [4.78, 5) is 21.4. The highest BCUT2D eigenvalue weighted by Crippen LogP contribution is 2.17. The summed E-state index contributed by atoms with van der Waals surface area (Å²) < 4.78 is 5.65. The zero-order valence-corrected chi connectivity index (χ0v) is 12.6. The van der Waals surface area contributed by atoms with Gasteiger partial charge in [-0.3, -0.25) is 14.6 Å². The number of benzene rings is 1. The molecule has 0 saturated heterocycles. The van der Waals surface area contributed by atoms with Crippen molar-refractivity contribution in [2.24, 2.45) is 11.0 Å². The van der Waals surface area contributed by atoms with Crippen molar-refractivity contribution < 1.29 is 24.5 Å². The van der Waals surface area contributed by atoms with E-state index in [4.69, 9.17) is 14.9 Å². The lowest BCUT2D eigenvalue weighted by Crippen LogP contribution is -2.30. The van der Waals surface area contributed by atoms with Crippen molar-refractivity contribution in [2.45, 2.75) is 13.8 Å². The predicted molar refractivity (Wildman–Crippen MR) is 81.2 cm³/mol. The maximum Gasteiger partial charge on any atom is 0.324 e. The van der Waals surface area contributed by atoms with Gasteiger partial charge >= 0.3 is 11.9 Å². The topological polar surface area (TPSA) is 99.4 Å². The lowest BCUT2D eigenvalue weighted by molar-refractivity contribution is -0.141. The molecule has 0 heterocycles. The van der Waals surface area contributed by atoms with Gasteiger partial charge in [-0.1, -0.05) is 26.0 Å². The number of hydrogen-bond acceptors (Lipinski definition) is 5. The third-order valence-electron chi connectivity index (χ3n) is 2.49. The Bertz CT molecular complexity index is 526. The fourth-order valence-corrected chi connectivity index (χ4v) is 1.57. The summed E-state index contributed by atoms with van der Waals surface area (Å²) in [6.45, 7) is 3.62. The van der Waals surface area contributed by atoms with Crippen molar-refractivity contribution in [3.05, 3.63) is 29.8 Å². The van der Waals surface area contributed by atoms with Gasteiger partial charge in [0.1, 0.15) is 18.8 Å². The summed E-state index contributed by atoms with van der Waals surface area (Å²) in [5, 5.41) is 22.4. The molecule has 1 aromatic rings. The van der Waals surface area contributed by atoms with E-state index in [1.54, 1.807) is 18.2 Å². The van der Waals surface area contributed by atoms with Crippen molar-refractivity contribution in [1.82, 2.24) is 5.01 Å². The van der Waals surface area contributed by atoms with Gasteiger partial charge < -0.3 is 14.9 Å². The van der Waals surface area contributed by atoms with Crippen LogP contribution in [0.15, 0.2) is 29.4 Å². The number of para-hydroxylation sites is 1. The molecule has 0 unspecified atom stereocenters. The molecule has 0 aliphatic rings. The van der Waals surface area contributed by atoms with Crippen LogP contribution in [0.1, 0.15) is 19.4 Å². The van der Waals surface area contributed by atoms with Gasteiger partial charge in [-0.15, -0.1) is 0 Å². The summed E-state index contributed by atoms with van der Waals surface area (Å²) in [6, 6.07) is 7.16. The Morgan fingerprint density at radius 1 is 1.23 bits per heavy atom. The fraction of sp³-hybridized carbons (Fsp3) is 0.400. The van der Waals surface area contributed by atoms with Crippen LogP contribution in [-0.4, -0.2) is 53.1 Å². The maximum absolute atomic E-state index is 10.7. The highest BCUT2D eigenvalue weighted by Gasteiger charge is 2.11. The van der Waals surface area contributed by atoms with Crippen molar-refractivity contribution in [3.8, 4) is 5.75 Å². The van der Waals surface area contributed by atoms with Crippen molar-refractivity contribution >= 4 is 18.2 Å². The number of hydrazone groups is 1. The molecule has 7 heteroatoms. The average Bonchev–Trinajstić information content (AvgIpc) is 2.42. The van der Waals surface area contributed by atoms with E-state index in [1.165, 1.54) is 6.21 Å². The molecular weight excluding hydrogens is 288 g/mol. The average molecular weight is 308 g/mol. The number of ether oxygens (including phenoxy) is 1. The number of nitrogens with zero attached hydrogens (tertiary/aromatic N) is 2. The molecular formula is C15H20N2O5. The number of carbonyl (C=O) groups is 2. The van der Waals surface area contributed by atoms with Crippen molar-refractivity contribution in [2.75, 3.05) is 19.7 Å². The Hall–Kier alpha value is -2.57. The quantitative estimate of drug-likeness (QED) is 0.530. The molecule has 1 aromatic carbocycles. The molecule has 0 saturated carbocycles. The van der Waals surface area contributed by atoms with Gasteiger partial charge in [0.2, 0.25) is 0 Å². The Balaban J connectivity index is 2.85. The first-order valence-corrected chi connectivity index (χ1v) is 6.82. The molecule has 7 nitrogen and oxygen atoms in total. The molecule has 0 bridgehead atoms. The van der Waals surface area contributed by atoms with Gasteiger partial charge in [0.05, 0.1) is 12.8 Å². The smallest absolute Gasteiger partial charge is 0.324 e. The Morgan fingerprint density at radius 2 is 1.82 bits per heavy atom. The van der Waals surface area contributed by atoms with E-state index in [0.717, 1.165) is 5.01 Å². The summed E-state index contributed by atoms with van der Waals surface area (Å²) in [5.41, 5.74) is 0.656. The summed E-state index contributed by atoms with van der Waals surface area (Å²) in [6.07, 6.45) is 1.40. The van der Waals surface area contributed by atoms with Gasteiger partial charge in [0.15, 0.2) is 0 Å². The fourth-order valence-electron chi connectivity index (χ4n) is 1.57. The Labute approximate surface area is 128 Å². The van der Waals surface area contributed by atoms with Crippen LogP contribution in [-0.2, 0) is 9.59 Å². The molecule has 0 spiro atoms. The third kappa shape index (κ3) is 6.74. The van der Waals surface area contributed by atoms with E-state index in [-0.39, 0.29) is 0 Å². The maximum atomic E-state index is 10.7. The van der Waals surface area contributed by atoms with E-state index in [9.17, 15) is 9.59 Å². The largest absolute Gasteiger partial charge is 0.493 e. The van der Waals surface area contributed by atoms with Crippen LogP contribution in [0.3, 0.4) is 0 Å². The van der Waals surface area contributed by atoms with Crippen LogP contribution in [0, 0.1) is 5.92 Å². The van der Waals surface area contributed by atoms with Gasteiger partial charge in [0, 0.05) is 5.56 Å². The normalized spacial score (nSPS) is 10.9. The first kappa shape index (κ1) is 17.5. The van der Waals surface area contributed by atoms with Gasteiger partial charge in [-0.25, -0.2) is 0 Å². The minimum atomic E-state index is -1.15. The monoisotopic (exact) mass is 308 g/mol. The molecule has 0 radical (unpaired) electrons. The van der Waals surface area contributed by atoms with Crippen molar-refractivity contribution in [1.29, 1.82) is 0 Å². The highest BCUT2D eigenvalue weighted by atomic mass is 16.5. The second kappa shape index (κ2) is 8.66. The molecule has 2 N–H and O–H groups in total. The van der Waals surface area contributed by atoms with Crippen LogP contribution in [0.4, 0.5) is 0 Å². The highest BCUT2D eigenvalue weighted by molar-refractivity contribution is 5.83. The third-order valence-corrected chi connectivity index (χ3v) is 2.49. The zero-order valence-electron chi connectivity index (χ0n) is 12.6. The second-order valence-electron chi connectivity index (χ2n) is 5.10. The number of hydrogen-bond donors (Lipinski definition) is 2. The molecule has 0 amide bonds. The van der Waals surface area contributed by atoms with E-state index >= 15 is 0 Å². The molecule has 120 valence electrons. The van der Waals surface area contributed by atoms with E-state index in [2.05, 4.69) is 5.10 Å². The standard InChI is InChI=1S/C15H20N2O5/c1-11(2)10-22-13-6-4-3-5-12(13)7-16-17(8-14(18)19)9-15(20)21/h3-7,11H,8-10H2,1-2H3,(H,18,19)(H,20,21)/b16-7-. The first-order valence-electron chi connectivity index (χ1n) is 6.82. The molecule has 1 rings (SSSR count). The van der Waals surface area contributed by atoms with Crippen LogP contribution < -0.4 is 4.74 Å². The van der Waals surface area contributed by atoms with Crippen LogP contribution >= 0.6 is 0 Å². The molecule has 0 fully saturated rings. The molecule has 0 aromatic heterocycles. The van der Waals surface area contributed by atoms with Gasteiger partial charge in [-0.2, -0.15) is 5.10 Å². The lowest BCUT2D eigenvalue weighted by Gasteiger charge is -2.14. The predicted octanol–water partition coefficient (Wildman–Crippen LogP) is 1.53.